The van der Waals surface area contributed by atoms with E-state index in [0.717, 1.165) is 0 Å². The normalized spacial score (nSPS) is 18.8. The highest BCUT2D eigenvalue weighted by molar-refractivity contribution is 7.73. The van der Waals surface area contributed by atoms with E-state index in [1.807, 2.05) is 0 Å². The van der Waals surface area contributed by atoms with Crippen molar-refractivity contribution in [3.05, 3.63) is 0 Å². The largest absolute Gasteiger partial charge is 0.750 e. The van der Waals surface area contributed by atoms with Gasteiger partial charge in [-0.3, -0.25) is 14.8 Å². The Morgan fingerprint density at radius 2 is 1.58 bits per heavy atom. The molecule has 70 valence electrons. The highest BCUT2D eigenvalue weighted by atomic mass is 32.2. The second-order valence-corrected chi connectivity index (χ2v) is 2.25. The molecule has 1 rings (SSSR count). The third kappa shape index (κ3) is 4.13. The van der Waals surface area contributed by atoms with Crippen LogP contribution in [0.15, 0.2) is 0 Å². The van der Waals surface area contributed by atoms with Gasteiger partial charge >= 0.3 is 0 Å². The van der Waals surface area contributed by atoms with E-state index in [9.17, 15) is 9.59 Å². The quantitative estimate of drug-likeness (QED) is 0.287. The predicted octanol–water partition coefficient (Wildman–Crippen LogP) is -1.14. The Hall–Kier alpha value is -0.830. The summed E-state index contributed by atoms with van der Waals surface area (Å²) in [5, 5.41) is 8.57. The number of carbonyl (C=O) groups excluding carboxylic acids is 2. The highest BCUT2D eigenvalue weighted by Crippen LogP contribution is 2.06. The SMILES string of the molecule is O=C1CCC(=O)N1O.O=S([O-])O. The van der Waals surface area contributed by atoms with Crippen LogP contribution in [-0.4, -0.2) is 35.4 Å². The van der Waals surface area contributed by atoms with Crippen molar-refractivity contribution in [2.45, 2.75) is 12.8 Å². The molecule has 1 fully saturated rings. The van der Waals surface area contributed by atoms with Gasteiger partial charge in [-0.1, -0.05) is 0 Å². The summed E-state index contributed by atoms with van der Waals surface area (Å²) >= 11 is -2.86. The number of rotatable bonds is 0. The van der Waals surface area contributed by atoms with Gasteiger partial charge in [-0.2, -0.15) is 5.06 Å². The maximum atomic E-state index is 10.2. The van der Waals surface area contributed by atoms with Gasteiger partial charge in [0.2, 0.25) is 0 Å². The Morgan fingerprint density at radius 1 is 1.33 bits per heavy atom. The van der Waals surface area contributed by atoms with Gasteiger partial charge in [-0.05, 0) is 0 Å². The molecule has 0 aromatic heterocycles. The molecule has 0 saturated carbocycles. The van der Waals surface area contributed by atoms with E-state index in [-0.39, 0.29) is 17.9 Å². The lowest BCUT2D eigenvalue weighted by molar-refractivity contribution is -0.171. The van der Waals surface area contributed by atoms with Gasteiger partial charge in [0.05, 0.1) is 11.4 Å². The summed E-state index contributed by atoms with van der Waals surface area (Å²) < 4.78 is 24.1. The fourth-order valence-corrected chi connectivity index (χ4v) is 0.565. The van der Waals surface area contributed by atoms with Crippen LogP contribution in [0.2, 0.25) is 0 Å². The first-order valence-electron chi connectivity index (χ1n) is 2.78. The summed E-state index contributed by atoms with van der Waals surface area (Å²) in [5.41, 5.74) is 0. The molecular formula is C4H6NO6S-. The van der Waals surface area contributed by atoms with E-state index in [4.69, 9.17) is 18.5 Å². The number of hydroxylamine groups is 2. The molecule has 1 unspecified atom stereocenters. The van der Waals surface area contributed by atoms with Crippen LogP contribution >= 0.6 is 0 Å². The zero-order valence-corrected chi connectivity index (χ0v) is 6.61. The molecule has 1 aliphatic rings. The third-order valence-electron chi connectivity index (χ3n) is 1.03. The van der Waals surface area contributed by atoms with E-state index in [1.165, 1.54) is 0 Å². The van der Waals surface area contributed by atoms with E-state index in [1.54, 1.807) is 0 Å². The average molecular weight is 196 g/mol. The molecule has 1 atom stereocenters. The van der Waals surface area contributed by atoms with Crippen LogP contribution in [0.5, 0.6) is 0 Å². The summed E-state index contributed by atoms with van der Waals surface area (Å²) in [7, 11) is 0. The number of amides is 2. The lowest BCUT2D eigenvalue weighted by Gasteiger charge is -1.98. The standard InChI is InChI=1S/C4H5NO3.H2O3S/c6-3-1-2-4(7)5(3)8;1-4(2)3/h8H,1-2H2;(H2,1,2,3)/p-1. The molecule has 0 aromatic carbocycles. The monoisotopic (exact) mass is 196 g/mol. The number of hydrogen-bond donors (Lipinski definition) is 2. The number of imide groups is 1. The van der Waals surface area contributed by atoms with Crippen LogP contribution in [0, 0.1) is 0 Å². The maximum absolute atomic E-state index is 10.2. The topological polar surface area (TPSA) is 118 Å². The molecule has 2 amide bonds. The summed E-state index contributed by atoms with van der Waals surface area (Å²) in [6, 6.07) is 0. The fraction of sp³-hybridized carbons (Fsp3) is 0.500. The van der Waals surface area contributed by atoms with Gasteiger partial charge in [0.15, 0.2) is 0 Å². The first-order valence-corrected chi connectivity index (χ1v) is 3.81. The predicted molar refractivity (Wildman–Crippen MR) is 34.4 cm³/mol. The fourth-order valence-electron chi connectivity index (χ4n) is 0.565. The first kappa shape index (κ1) is 11.2. The molecule has 8 heteroatoms. The number of nitrogens with zero attached hydrogens (tertiary/aromatic N) is 1. The van der Waals surface area contributed by atoms with E-state index < -0.39 is 23.2 Å². The van der Waals surface area contributed by atoms with Crippen LogP contribution in [0.1, 0.15) is 12.8 Å². The van der Waals surface area contributed by atoms with Crippen LogP contribution in [0.3, 0.4) is 0 Å². The molecule has 2 N–H and O–H groups in total. The van der Waals surface area contributed by atoms with Crippen molar-refractivity contribution in [2.75, 3.05) is 0 Å². The second-order valence-electron chi connectivity index (χ2n) is 1.82. The second kappa shape index (κ2) is 4.93. The molecule has 0 radical (unpaired) electrons. The third-order valence-corrected chi connectivity index (χ3v) is 1.03. The summed E-state index contributed by atoms with van der Waals surface area (Å²) in [6.07, 6.45) is 0.296. The molecule has 1 saturated heterocycles. The van der Waals surface area contributed by atoms with Crippen molar-refractivity contribution in [3.63, 3.8) is 0 Å². The van der Waals surface area contributed by atoms with Gasteiger partial charge in [0.25, 0.3) is 11.8 Å². The van der Waals surface area contributed by atoms with Crippen molar-refractivity contribution in [1.82, 2.24) is 5.06 Å². The number of carbonyl (C=O) groups is 2. The molecule has 0 bridgehead atoms. The lowest BCUT2D eigenvalue weighted by Crippen LogP contribution is -2.24. The van der Waals surface area contributed by atoms with Crippen molar-refractivity contribution in [3.8, 4) is 0 Å². The van der Waals surface area contributed by atoms with Gasteiger partial charge in [0, 0.05) is 12.8 Å². The molecule has 0 aromatic rings. The summed E-state index contributed by atoms with van der Waals surface area (Å²) in [5.74, 6) is -1.01. The van der Waals surface area contributed by atoms with Crippen molar-refractivity contribution in [2.24, 2.45) is 0 Å². The summed E-state index contributed by atoms with van der Waals surface area (Å²) in [6.45, 7) is 0. The molecule has 0 spiro atoms. The Bertz CT molecular complexity index is 196. The average Bonchev–Trinajstić information content (AvgIpc) is 2.19. The highest BCUT2D eigenvalue weighted by Gasteiger charge is 2.26. The zero-order valence-electron chi connectivity index (χ0n) is 5.80. The van der Waals surface area contributed by atoms with Gasteiger partial charge in [-0.25, -0.2) is 4.21 Å². The van der Waals surface area contributed by atoms with Gasteiger partial charge in [0.1, 0.15) is 0 Å². The van der Waals surface area contributed by atoms with Crippen LogP contribution < -0.4 is 0 Å². The summed E-state index contributed by atoms with van der Waals surface area (Å²) in [4.78, 5) is 20.5. The molecule has 12 heavy (non-hydrogen) atoms. The van der Waals surface area contributed by atoms with Crippen LogP contribution in [0.4, 0.5) is 0 Å². The van der Waals surface area contributed by atoms with Crippen molar-refractivity contribution in [1.29, 1.82) is 0 Å². The van der Waals surface area contributed by atoms with Gasteiger partial charge in [-0.15, -0.1) is 0 Å². The molecular weight excluding hydrogens is 190 g/mol. The zero-order chi connectivity index (χ0) is 9.72. The van der Waals surface area contributed by atoms with Crippen LogP contribution in [0.25, 0.3) is 0 Å². The van der Waals surface area contributed by atoms with E-state index in [2.05, 4.69) is 0 Å². The minimum absolute atomic E-state index is 0.148. The molecule has 0 aliphatic carbocycles. The molecule has 7 nitrogen and oxygen atoms in total. The van der Waals surface area contributed by atoms with Crippen molar-refractivity contribution < 1.29 is 28.1 Å². The smallest absolute Gasteiger partial charge is 0.253 e. The minimum atomic E-state index is -2.86. The first-order chi connectivity index (χ1) is 5.45. The maximum Gasteiger partial charge on any atom is 0.253 e. The number of hydrogen-bond acceptors (Lipinski definition) is 5. The molecule has 1 heterocycles. The Labute approximate surface area is 70.0 Å². The Morgan fingerprint density at radius 3 is 1.67 bits per heavy atom. The minimum Gasteiger partial charge on any atom is -0.750 e. The van der Waals surface area contributed by atoms with Gasteiger partial charge < -0.3 is 9.11 Å². The van der Waals surface area contributed by atoms with E-state index >= 15 is 0 Å². The lowest BCUT2D eigenvalue weighted by atomic mass is 10.4. The van der Waals surface area contributed by atoms with E-state index in [0.29, 0.717) is 0 Å². The van der Waals surface area contributed by atoms with Crippen LogP contribution in [-0.2, 0) is 21.0 Å². The Balaban J connectivity index is 0.000000261. The Kier molecular flexibility index (Phi) is 4.59. The van der Waals surface area contributed by atoms with Crippen molar-refractivity contribution >= 4 is 23.2 Å². The molecule has 1 aliphatic heterocycles.